The van der Waals surface area contributed by atoms with Gasteiger partial charge in [-0.3, -0.25) is 4.79 Å². The van der Waals surface area contributed by atoms with Gasteiger partial charge in [0.2, 0.25) is 10.0 Å². The van der Waals surface area contributed by atoms with E-state index >= 15 is 0 Å². The van der Waals surface area contributed by atoms with Gasteiger partial charge in [-0.2, -0.15) is 10.1 Å². The first kappa shape index (κ1) is 21.3. The topological polar surface area (TPSA) is 97.8 Å². The Bertz CT molecular complexity index is 1360. The number of hydrazone groups is 1. The monoisotopic (exact) mass is 474 g/mol. The maximum atomic E-state index is 13.1. The summed E-state index contributed by atoms with van der Waals surface area (Å²) in [5.74, 6) is -0.334. The first-order valence-electron chi connectivity index (χ1n) is 9.02. The predicted molar refractivity (Wildman–Crippen MR) is 122 cm³/mol. The Morgan fingerprint density at radius 1 is 1.06 bits per heavy atom. The quantitative estimate of drug-likeness (QED) is 0.572. The Kier molecular flexibility index (Phi) is 5.49. The van der Waals surface area contributed by atoms with Gasteiger partial charge in [-0.05, 0) is 67.6 Å². The minimum Gasteiger partial charge on any atom is -0.317 e. The van der Waals surface area contributed by atoms with E-state index < -0.39 is 10.0 Å². The number of nitrogens with zero attached hydrogens (tertiary/aromatic N) is 3. The van der Waals surface area contributed by atoms with Crippen LogP contribution >= 0.6 is 23.2 Å². The van der Waals surface area contributed by atoms with Crippen LogP contribution < -0.4 is 10.1 Å². The molecule has 31 heavy (non-hydrogen) atoms. The third-order valence-corrected chi connectivity index (χ3v) is 6.20. The lowest BCUT2D eigenvalue weighted by Crippen LogP contribution is -2.21. The molecule has 7 nitrogen and oxygen atoms in total. The molecule has 0 bridgehead atoms. The fourth-order valence-corrected chi connectivity index (χ4v) is 4.07. The van der Waals surface area contributed by atoms with E-state index in [1.807, 2.05) is 16.7 Å². The van der Waals surface area contributed by atoms with Crippen LogP contribution in [0.3, 0.4) is 0 Å². The third-order valence-electron chi connectivity index (χ3n) is 4.71. The standard InChI is InChI=1S/C21H16Cl2N4O3S/c1-13-18(21(28)27(25-13)20-11-14(22)4-9-19(20)23)12-16-3-2-10-26(16)15-5-7-17(8-6-15)31(24,29)30/h2-12H,1H3,(H2,24,29,30). The minimum absolute atomic E-state index is 0.0197. The molecule has 158 valence electrons. The van der Waals surface area contributed by atoms with Gasteiger partial charge in [-0.25, -0.2) is 13.6 Å². The van der Waals surface area contributed by atoms with E-state index in [9.17, 15) is 13.2 Å². The third kappa shape index (κ3) is 4.15. The number of aromatic nitrogens is 1. The summed E-state index contributed by atoms with van der Waals surface area (Å²) in [6.07, 6.45) is 3.52. The molecule has 1 amide bonds. The number of benzene rings is 2. The van der Waals surface area contributed by atoms with Crippen molar-refractivity contribution in [2.24, 2.45) is 10.2 Å². The molecule has 0 aliphatic carbocycles. The maximum Gasteiger partial charge on any atom is 0.280 e. The average Bonchev–Trinajstić information content (AvgIpc) is 3.29. The van der Waals surface area contributed by atoms with Gasteiger partial charge < -0.3 is 4.57 Å². The van der Waals surface area contributed by atoms with Crippen molar-refractivity contribution in [3.8, 4) is 5.69 Å². The molecule has 3 aromatic rings. The molecular formula is C21H16Cl2N4O3S. The van der Waals surface area contributed by atoms with E-state index in [2.05, 4.69) is 5.10 Å². The summed E-state index contributed by atoms with van der Waals surface area (Å²) in [5.41, 5.74) is 2.74. The van der Waals surface area contributed by atoms with E-state index in [-0.39, 0.29) is 10.8 Å². The maximum absolute atomic E-state index is 13.1. The van der Waals surface area contributed by atoms with Crippen molar-refractivity contribution >= 4 is 56.6 Å². The lowest BCUT2D eigenvalue weighted by atomic mass is 10.1. The van der Waals surface area contributed by atoms with Crippen LogP contribution in [0.4, 0.5) is 5.69 Å². The van der Waals surface area contributed by atoms with Crippen LogP contribution in [0.2, 0.25) is 10.0 Å². The van der Waals surface area contributed by atoms with Crippen LogP contribution in [0.5, 0.6) is 0 Å². The highest BCUT2D eigenvalue weighted by Crippen LogP contribution is 2.33. The van der Waals surface area contributed by atoms with E-state index in [4.69, 9.17) is 28.3 Å². The van der Waals surface area contributed by atoms with Crippen LogP contribution in [0.1, 0.15) is 12.6 Å². The van der Waals surface area contributed by atoms with Crippen molar-refractivity contribution in [2.75, 3.05) is 5.01 Å². The number of sulfonamides is 1. The SMILES string of the molecule is CC1=NN(c2cc(Cl)ccc2Cl)C(=O)C1=Cc1cccn1-c1ccc(S(N)(=O)=O)cc1. The summed E-state index contributed by atoms with van der Waals surface area (Å²) in [6, 6.07) is 14.6. The molecule has 0 radical (unpaired) electrons. The molecular weight excluding hydrogens is 459 g/mol. The van der Waals surface area contributed by atoms with Crippen LogP contribution in [-0.2, 0) is 14.8 Å². The van der Waals surface area contributed by atoms with Gasteiger partial charge in [-0.1, -0.05) is 23.2 Å². The molecule has 1 aromatic heterocycles. The van der Waals surface area contributed by atoms with Crippen LogP contribution in [-0.4, -0.2) is 24.6 Å². The number of carbonyl (C=O) groups is 1. The van der Waals surface area contributed by atoms with E-state index in [0.29, 0.717) is 38.4 Å². The second kappa shape index (κ2) is 7.97. The zero-order valence-electron chi connectivity index (χ0n) is 16.2. The van der Waals surface area contributed by atoms with Gasteiger partial charge in [0.15, 0.2) is 0 Å². The first-order valence-corrected chi connectivity index (χ1v) is 11.3. The molecule has 1 aliphatic rings. The van der Waals surface area contributed by atoms with Crippen molar-refractivity contribution < 1.29 is 13.2 Å². The molecule has 0 fully saturated rings. The normalized spacial score (nSPS) is 15.6. The molecule has 0 spiro atoms. The Labute approximate surface area is 189 Å². The van der Waals surface area contributed by atoms with Gasteiger partial charge in [0, 0.05) is 22.6 Å². The van der Waals surface area contributed by atoms with Crippen LogP contribution in [0, 0.1) is 0 Å². The molecule has 1 aliphatic heterocycles. The Hall–Kier alpha value is -2.91. The first-order chi connectivity index (χ1) is 14.6. The van der Waals surface area contributed by atoms with Crippen molar-refractivity contribution in [3.63, 3.8) is 0 Å². The van der Waals surface area contributed by atoms with Gasteiger partial charge in [-0.15, -0.1) is 0 Å². The number of rotatable bonds is 4. The predicted octanol–water partition coefficient (Wildman–Crippen LogP) is 4.24. The number of anilines is 1. The van der Waals surface area contributed by atoms with Crippen LogP contribution in [0.15, 0.2) is 76.4 Å². The molecule has 0 unspecified atom stereocenters. The number of primary sulfonamides is 1. The van der Waals surface area contributed by atoms with Crippen molar-refractivity contribution in [1.82, 2.24) is 4.57 Å². The number of carbonyl (C=O) groups excluding carboxylic acids is 1. The molecule has 0 saturated heterocycles. The molecule has 2 aromatic carbocycles. The number of amides is 1. The molecule has 4 rings (SSSR count). The Morgan fingerprint density at radius 2 is 1.77 bits per heavy atom. The van der Waals surface area contributed by atoms with E-state index in [1.165, 1.54) is 17.1 Å². The summed E-state index contributed by atoms with van der Waals surface area (Å²) in [5, 5.41) is 11.5. The fraction of sp³-hybridized carbons (Fsp3) is 0.0476. The molecule has 0 atom stereocenters. The van der Waals surface area contributed by atoms with E-state index in [0.717, 1.165) is 0 Å². The molecule has 0 saturated carbocycles. The molecule has 2 heterocycles. The lowest BCUT2D eigenvalue weighted by Gasteiger charge is -2.14. The Morgan fingerprint density at radius 3 is 2.45 bits per heavy atom. The summed E-state index contributed by atoms with van der Waals surface area (Å²) in [7, 11) is -3.78. The molecule has 2 N–H and O–H groups in total. The van der Waals surface area contributed by atoms with Gasteiger partial charge in [0.1, 0.15) is 0 Å². The zero-order chi connectivity index (χ0) is 22.3. The highest BCUT2D eigenvalue weighted by atomic mass is 35.5. The average molecular weight is 475 g/mol. The van der Waals surface area contributed by atoms with Gasteiger partial charge in [0.05, 0.1) is 26.9 Å². The second-order valence-corrected chi connectivity index (χ2v) is 9.20. The fourth-order valence-electron chi connectivity index (χ4n) is 3.19. The zero-order valence-corrected chi connectivity index (χ0v) is 18.5. The highest BCUT2D eigenvalue weighted by molar-refractivity contribution is 7.89. The van der Waals surface area contributed by atoms with Crippen LogP contribution in [0.25, 0.3) is 11.8 Å². The summed E-state index contributed by atoms with van der Waals surface area (Å²) >= 11 is 12.3. The number of hydrogen-bond acceptors (Lipinski definition) is 4. The largest absolute Gasteiger partial charge is 0.317 e. The summed E-state index contributed by atoms with van der Waals surface area (Å²) in [4.78, 5) is 13.1. The smallest absolute Gasteiger partial charge is 0.280 e. The summed E-state index contributed by atoms with van der Waals surface area (Å²) in [6.45, 7) is 1.73. The lowest BCUT2D eigenvalue weighted by molar-refractivity contribution is -0.114. The van der Waals surface area contributed by atoms with E-state index in [1.54, 1.807) is 49.5 Å². The second-order valence-electron chi connectivity index (χ2n) is 6.80. The highest BCUT2D eigenvalue weighted by Gasteiger charge is 2.30. The van der Waals surface area contributed by atoms with Gasteiger partial charge in [0.25, 0.3) is 5.91 Å². The summed E-state index contributed by atoms with van der Waals surface area (Å²) < 4.78 is 24.8. The minimum atomic E-state index is -3.78. The van der Waals surface area contributed by atoms with Crippen molar-refractivity contribution in [1.29, 1.82) is 0 Å². The van der Waals surface area contributed by atoms with Crippen molar-refractivity contribution in [3.05, 3.63) is 82.1 Å². The number of hydrogen-bond donors (Lipinski definition) is 1. The van der Waals surface area contributed by atoms with Gasteiger partial charge >= 0.3 is 0 Å². The Balaban J connectivity index is 1.69. The number of nitrogens with two attached hydrogens (primary N) is 1. The number of halogens is 2. The van der Waals surface area contributed by atoms with Crippen molar-refractivity contribution in [2.45, 2.75) is 11.8 Å². The molecule has 10 heteroatoms.